The summed E-state index contributed by atoms with van der Waals surface area (Å²) < 4.78 is 6.80. The van der Waals surface area contributed by atoms with Crippen molar-refractivity contribution in [2.75, 3.05) is 4.90 Å². The predicted octanol–water partition coefficient (Wildman–Crippen LogP) is 14.4. The molecule has 0 radical (unpaired) electrons. The minimum absolute atomic E-state index is 0.863. The lowest BCUT2D eigenvalue weighted by molar-refractivity contribution is 0.672. The minimum atomic E-state index is 0.863. The van der Waals surface area contributed by atoms with Crippen LogP contribution in [-0.2, 0) is 0 Å². The van der Waals surface area contributed by atoms with Crippen LogP contribution < -0.4 is 4.90 Å². The first-order valence-corrected chi connectivity index (χ1v) is 17.8. The summed E-state index contributed by atoms with van der Waals surface area (Å²) in [5.74, 6) is 0. The maximum Gasteiger partial charge on any atom is 0.143 e. The molecule has 0 atom stereocenters. The fourth-order valence-corrected chi connectivity index (χ4v) is 7.73. The molecule has 0 fully saturated rings. The van der Waals surface area contributed by atoms with Crippen LogP contribution in [0.1, 0.15) is 0 Å². The van der Waals surface area contributed by atoms with E-state index in [1.165, 1.54) is 44.0 Å². The highest BCUT2D eigenvalue weighted by Crippen LogP contribution is 2.46. The molecule has 0 saturated heterocycles. The van der Waals surface area contributed by atoms with Crippen LogP contribution in [0.5, 0.6) is 0 Å². The molecule has 0 aliphatic heterocycles. The zero-order valence-electron chi connectivity index (χ0n) is 28.4. The summed E-state index contributed by atoms with van der Waals surface area (Å²) in [6.07, 6.45) is 0. The van der Waals surface area contributed by atoms with Gasteiger partial charge in [0.05, 0.1) is 11.1 Å². The molecular weight excluding hydrogens is 631 g/mol. The summed E-state index contributed by atoms with van der Waals surface area (Å²) in [4.78, 5) is 2.37. The summed E-state index contributed by atoms with van der Waals surface area (Å²) >= 11 is 0. The number of rotatable bonds is 6. The predicted molar refractivity (Wildman–Crippen MR) is 220 cm³/mol. The lowest BCUT2D eigenvalue weighted by Crippen LogP contribution is -2.10. The van der Waals surface area contributed by atoms with Gasteiger partial charge in [-0.1, -0.05) is 152 Å². The molecule has 1 heterocycles. The van der Waals surface area contributed by atoms with E-state index in [0.29, 0.717) is 0 Å². The Morgan fingerprint density at radius 1 is 0.346 bits per heavy atom. The molecule has 52 heavy (non-hydrogen) atoms. The van der Waals surface area contributed by atoms with Crippen molar-refractivity contribution in [2.24, 2.45) is 0 Å². The summed E-state index contributed by atoms with van der Waals surface area (Å²) in [7, 11) is 0. The topological polar surface area (TPSA) is 16.4 Å². The zero-order valence-corrected chi connectivity index (χ0v) is 28.4. The van der Waals surface area contributed by atoms with Crippen molar-refractivity contribution in [2.45, 2.75) is 0 Å². The Hall–Kier alpha value is -6.90. The van der Waals surface area contributed by atoms with Crippen molar-refractivity contribution in [3.63, 3.8) is 0 Å². The fraction of sp³-hybridized carbons (Fsp3) is 0. The number of para-hydroxylation sites is 1. The third-order valence-electron chi connectivity index (χ3n) is 10.2. The SMILES string of the molecule is c1ccc(-c2ccc(-c3cccc(N(c4ccccc4)c4cccc5oc6c7ccccc7c(-c7ccc8ccccc8c7)cc6c45)c3)cc2)cc1. The fourth-order valence-electron chi connectivity index (χ4n) is 7.73. The molecule has 2 nitrogen and oxygen atoms in total. The zero-order chi connectivity index (χ0) is 34.4. The molecule has 244 valence electrons. The molecule has 0 amide bonds. The van der Waals surface area contributed by atoms with Crippen LogP contribution in [0.2, 0.25) is 0 Å². The Morgan fingerprint density at radius 2 is 0.942 bits per heavy atom. The van der Waals surface area contributed by atoms with Crippen LogP contribution in [0.4, 0.5) is 17.1 Å². The lowest BCUT2D eigenvalue weighted by Gasteiger charge is -2.26. The largest absolute Gasteiger partial charge is 0.455 e. The van der Waals surface area contributed by atoms with Gasteiger partial charge < -0.3 is 9.32 Å². The minimum Gasteiger partial charge on any atom is -0.455 e. The Balaban J connectivity index is 1.17. The quantitative estimate of drug-likeness (QED) is 0.176. The highest BCUT2D eigenvalue weighted by Gasteiger charge is 2.22. The number of hydrogen-bond donors (Lipinski definition) is 0. The Kier molecular flexibility index (Phi) is 7.18. The van der Waals surface area contributed by atoms with Crippen molar-refractivity contribution in [3.05, 3.63) is 200 Å². The number of anilines is 3. The van der Waals surface area contributed by atoms with E-state index >= 15 is 0 Å². The van der Waals surface area contributed by atoms with Gasteiger partial charge in [0, 0.05) is 22.1 Å². The Labute approximate surface area is 302 Å². The van der Waals surface area contributed by atoms with Crippen molar-refractivity contribution < 1.29 is 4.42 Å². The van der Waals surface area contributed by atoms with Crippen molar-refractivity contribution in [3.8, 4) is 33.4 Å². The van der Waals surface area contributed by atoms with E-state index in [0.717, 1.165) is 50.0 Å². The molecule has 0 aliphatic carbocycles. The van der Waals surface area contributed by atoms with Gasteiger partial charge in [0.25, 0.3) is 0 Å². The van der Waals surface area contributed by atoms with Crippen molar-refractivity contribution in [1.29, 1.82) is 0 Å². The second-order valence-electron chi connectivity index (χ2n) is 13.3. The first-order valence-electron chi connectivity index (χ1n) is 17.8. The van der Waals surface area contributed by atoms with Crippen LogP contribution in [0.3, 0.4) is 0 Å². The van der Waals surface area contributed by atoms with Crippen LogP contribution in [0.25, 0.3) is 76.9 Å². The maximum absolute atomic E-state index is 6.80. The number of fused-ring (bicyclic) bond motifs is 6. The van der Waals surface area contributed by atoms with Gasteiger partial charge in [-0.05, 0) is 98.1 Å². The summed E-state index contributed by atoms with van der Waals surface area (Å²) in [6.45, 7) is 0. The Bertz CT molecular complexity index is 2890. The van der Waals surface area contributed by atoms with Crippen LogP contribution in [0, 0.1) is 0 Å². The van der Waals surface area contributed by atoms with E-state index in [1.54, 1.807) is 0 Å². The smallest absolute Gasteiger partial charge is 0.143 e. The Morgan fingerprint density at radius 3 is 1.75 bits per heavy atom. The number of furan rings is 1. The van der Waals surface area contributed by atoms with Crippen molar-refractivity contribution in [1.82, 2.24) is 0 Å². The first-order chi connectivity index (χ1) is 25.8. The normalized spacial score (nSPS) is 11.5. The van der Waals surface area contributed by atoms with Gasteiger partial charge in [-0.25, -0.2) is 0 Å². The second-order valence-corrected chi connectivity index (χ2v) is 13.3. The first kappa shape index (κ1) is 30.0. The van der Waals surface area contributed by atoms with Gasteiger partial charge in [0.15, 0.2) is 0 Å². The summed E-state index contributed by atoms with van der Waals surface area (Å²) in [5.41, 5.74) is 12.1. The summed E-state index contributed by atoms with van der Waals surface area (Å²) in [6, 6.07) is 71.6. The van der Waals surface area contributed by atoms with Gasteiger partial charge in [-0.15, -0.1) is 0 Å². The third-order valence-corrected chi connectivity index (χ3v) is 10.2. The molecular formula is C50H33NO. The molecule has 0 aliphatic rings. The summed E-state index contributed by atoms with van der Waals surface area (Å²) in [5, 5.41) is 6.94. The average Bonchev–Trinajstić information content (AvgIpc) is 3.61. The standard InChI is InChI=1S/C50H33NO/c1-3-13-34(14-4-1)36-25-27-37(28-26-36)39-17-11-20-42(32-39)51(41-18-5-2-6-19-41)47-23-12-24-48-49(47)46-33-45(43-21-9-10-22-44(43)50(46)52-48)40-30-29-35-15-7-8-16-38(35)31-40/h1-33H. The van der Waals surface area contributed by atoms with Gasteiger partial charge in [-0.3, -0.25) is 0 Å². The highest BCUT2D eigenvalue weighted by atomic mass is 16.3. The van der Waals surface area contributed by atoms with E-state index < -0.39 is 0 Å². The van der Waals surface area contributed by atoms with Crippen LogP contribution in [-0.4, -0.2) is 0 Å². The van der Waals surface area contributed by atoms with E-state index in [2.05, 4.69) is 205 Å². The van der Waals surface area contributed by atoms with Gasteiger partial charge in [0.1, 0.15) is 11.2 Å². The molecule has 9 aromatic carbocycles. The second kappa shape index (κ2) is 12.5. The highest BCUT2D eigenvalue weighted by molar-refractivity contribution is 6.22. The molecule has 0 spiro atoms. The molecule has 0 bridgehead atoms. The van der Waals surface area contributed by atoms with Gasteiger partial charge in [-0.2, -0.15) is 0 Å². The number of nitrogens with zero attached hydrogens (tertiary/aromatic N) is 1. The molecule has 10 rings (SSSR count). The van der Waals surface area contributed by atoms with E-state index in [1.807, 2.05) is 0 Å². The molecule has 0 saturated carbocycles. The number of benzene rings is 9. The van der Waals surface area contributed by atoms with Crippen LogP contribution >= 0.6 is 0 Å². The maximum atomic E-state index is 6.80. The molecule has 10 aromatic rings. The van der Waals surface area contributed by atoms with E-state index in [4.69, 9.17) is 4.42 Å². The van der Waals surface area contributed by atoms with E-state index in [-0.39, 0.29) is 0 Å². The average molecular weight is 664 g/mol. The van der Waals surface area contributed by atoms with Crippen LogP contribution in [0.15, 0.2) is 205 Å². The van der Waals surface area contributed by atoms with E-state index in [9.17, 15) is 0 Å². The monoisotopic (exact) mass is 663 g/mol. The molecule has 0 N–H and O–H groups in total. The third kappa shape index (κ3) is 5.12. The molecule has 0 unspecified atom stereocenters. The van der Waals surface area contributed by atoms with Crippen molar-refractivity contribution >= 4 is 60.5 Å². The van der Waals surface area contributed by atoms with Gasteiger partial charge in [0.2, 0.25) is 0 Å². The molecule has 1 aromatic heterocycles. The molecule has 2 heteroatoms. The number of hydrogen-bond acceptors (Lipinski definition) is 2. The van der Waals surface area contributed by atoms with Gasteiger partial charge >= 0.3 is 0 Å². The lowest BCUT2D eigenvalue weighted by atomic mass is 9.93.